The summed E-state index contributed by atoms with van der Waals surface area (Å²) in [6.45, 7) is 1.99. The van der Waals surface area contributed by atoms with E-state index in [4.69, 9.17) is 10.5 Å². The van der Waals surface area contributed by atoms with E-state index in [1.807, 2.05) is 43.3 Å². The number of aryl methyl sites for hydroxylation is 2. The maximum Gasteiger partial charge on any atom is 0.307 e. The second kappa shape index (κ2) is 8.00. The van der Waals surface area contributed by atoms with Gasteiger partial charge in [-0.1, -0.05) is 42.5 Å². The molecule has 0 saturated carbocycles. The van der Waals surface area contributed by atoms with E-state index in [1.165, 1.54) is 5.56 Å². The number of nitrogens with two attached hydrogens (primary N) is 1. The summed E-state index contributed by atoms with van der Waals surface area (Å²) in [5.41, 5.74) is 12.5. The molecule has 3 aromatic carbocycles. The number of hydrogen-bond donors (Lipinski definition) is 2. The summed E-state index contributed by atoms with van der Waals surface area (Å²) in [5.74, 6) is 0.314. The number of hydrogen-bond acceptors (Lipinski definition) is 4. The summed E-state index contributed by atoms with van der Waals surface area (Å²) in [5, 5.41) is 11.3. The highest BCUT2D eigenvalue weighted by atomic mass is 16.5. The molecule has 1 unspecified atom stereocenters. The van der Waals surface area contributed by atoms with E-state index >= 15 is 0 Å². The average molecular weight is 425 g/mol. The molecule has 0 radical (unpaired) electrons. The molecule has 5 rings (SSSR count). The molecular weight excluding hydrogens is 400 g/mol. The predicted molar refractivity (Wildman–Crippen MR) is 126 cm³/mol. The van der Waals surface area contributed by atoms with Gasteiger partial charge in [-0.2, -0.15) is 0 Å². The number of anilines is 1. The zero-order chi connectivity index (χ0) is 22.2. The zero-order valence-corrected chi connectivity index (χ0v) is 17.8. The zero-order valence-electron chi connectivity index (χ0n) is 17.8. The fourth-order valence-corrected chi connectivity index (χ4v) is 4.57. The van der Waals surface area contributed by atoms with Gasteiger partial charge in [-0.25, -0.2) is 4.98 Å². The van der Waals surface area contributed by atoms with Crippen LogP contribution in [-0.4, -0.2) is 16.1 Å². The molecular formula is C27H24N2O3. The predicted octanol–water partition coefficient (Wildman–Crippen LogP) is 5.49. The van der Waals surface area contributed by atoms with Gasteiger partial charge in [0.1, 0.15) is 17.7 Å². The summed E-state index contributed by atoms with van der Waals surface area (Å²) in [6.07, 6.45) is 3.38. The summed E-state index contributed by atoms with van der Waals surface area (Å²) < 4.78 is 6.42. The number of carbonyl (C=O) groups is 1. The van der Waals surface area contributed by atoms with Gasteiger partial charge >= 0.3 is 5.97 Å². The second-order valence-electron chi connectivity index (χ2n) is 8.34. The van der Waals surface area contributed by atoms with E-state index in [9.17, 15) is 9.90 Å². The number of nitrogen functional groups attached to an aromatic ring is 1. The molecule has 0 fully saturated rings. The van der Waals surface area contributed by atoms with Gasteiger partial charge in [0, 0.05) is 17.1 Å². The Hall–Kier alpha value is -3.86. The lowest BCUT2D eigenvalue weighted by atomic mass is 9.96. The lowest BCUT2D eigenvalue weighted by Crippen LogP contribution is -2.08. The molecule has 0 bridgehead atoms. The number of carboxylic acids is 1. The van der Waals surface area contributed by atoms with Crippen LogP contribution in [0.25, 0.3) is 21.9 Å². The Balaban J connectivity index is 1.53. The van der Waals surface area contributed by atoms with Gasteiger partial charge in [0.05, 0.1) is 6.42 Å². The van der Waals surface area contributed by atoms with Gasteiger partial charge < -0.3 is 15.6 Å². The van der Waals surface area contributed by atoms with Crippen molar-refractivity contribution in [2.24, 2.45) is 0 Å². The molecule has 5 nitrogen and oxygen atoms in total. The number of carboxylic acid groups (broad SMARTS) is 1. The van der Waals surface area contributed by atoms with Gasteiger partial charge in [0.15, 0.2) is 0 Å². The third kappa shape index (κ3) is 3.66. The molecule has 1 aliphatic carbocycles. The quantitative estimate of drug-likeness (QED) is 0.443. The molecule has 0 spiro atoms. The van der Waals surface area contributed by atoms with Crippen molar-refractivity contribution in [1.29, 1.82) is 0 Å². The summed E-state index contributed by atoms with van der Waals surface area (Å²) >= 11 is 0. The number of fused-ring (bicyclic) bond motifs is 2. The van der Waals surface area contributed by atoms with Crippen LogP contribution < -0.4 is 10.5 Å². The molecule has 0 amide bonds. The van der Waals surface area contributed by atoms with E-state index in [0.717, 1.165) is 45.9 Å². The fourth-order valence-electron chi connectivity index (χ4n) is 4.57. The first-order valence-electron chi connectivity index (χ1n) is 10.7. The van der Waals surface area contributed by atoms with Gasteiger partial charge in [0.25, 0.3) is 0 Å². The van der Waals surface area contributed by atoms with E-state index in [1.54, 1.807) is 6.20 Å². The van der Waals surface area contributed by atoms with Crippen LogP contribution >= 0.6 is 0 Å². The van der Waals surface area contributed by atoms with Crippen LogP contribution in [0.2, 0.25) is 0 Å². The SMILES string of the molecule is Cc1ccc(CC(=O)O)c(OC2CCc3ccc(-c4cccc5c(N)nccc45)cc32)c1. The fraction of sp³-hybridized carbons (Fsp3) is 0.185. The van der Waals surface area contributed by atoms with E-state index < -0.39 is 5.97 Å². The van der Waals surface area contributed by atoms with Crippen molar-refractivity contribution in [2.75, 3.05) is 5.73 Å². The monoisotopic (exact) mass is 424 g/mol. The van der Waals surface area contributed by atoms with Crippen molar-refractivity contribution in [3.8, 4) is 16.9 Å². The van der Waals surface area contributed by atoms with Crippen LogP contribution in [0.3, 0.4) is 0 Å². The maximum absolute atomic E-state index is 11.3. The maximum atomic E-state index is 11.3. The minimum absolute atomic E-state index is 0.0549. The second-order valence-corrected chi connectivity index (χ2v) is 8.34. The number of benzene rings is 3. The van der Waals surface area contributed by atoms with E-state index in [0.29, 0.717) is 17.1 Å². The normalized spacial score (nSPS) is 15.0. The Morgan fingerprint density at radius 2 is 2.00 bits per heavy atom. The number of rotatable bonds is 5. The van der Waals surface area contributed by atoms with Crippen molar-refractivity contribution in [1.82, 2.24) is 4.98 Å². The van der Waals surface area contributed by atoms with Crippen LogP contribution in [0.5, 0.6) is 5.75 Å². The van der Waals surface area contributed by atoms with Crippen LogP contribution in [0.4, 0.5) is 5.82 Å². The first kappa shape index (κ1) is 20.1. The highest BCUT2D eigenvalue weighted by molar-refractivity contribution is 6.01. The van der Waals surface area contributed by atoms with Gasteiger partial charge in [-0.15, -0.1) is 0 Å². The van der Waals surface area contributed by atoms with Gasteiger partial charge in [0.2, 0.25) is 0 Å². The van der Waals surface area contributed by atoms with Crippen LogP contribution in [0, 0.1) is 6.92 Å². The molecule has 160 valence electrons. The molecule has 3 N–H and O–H groups in total. The Morgan fingerprint density at radius 1 is 1.12 bits per heavy atom. The van der Waals surface area contributed by atoms with Crippen molar-refractivity contribution in [2.45, 2.75) is 32.3 Å². The van der Waals surface area contributed by atoms with Crippen LogP contribution in [0.15, 0.2) is 66.9 Å². The van der Waals surface area contributed by atoms with Crippen LogP contribution in [0.1, 0.15) is 34.8 Å². The Bertz CT molecular complexity index is 1350. The highest BCUT2D eigenvalue weighted by Gasteiger charge is 2.26. The van der Waals surface area contributed by atoms with E-state index in [2.05, 4.69) is 29.2 Å². The number of aromatic nitrogens is 1. The smallest absolute Gasteiger partial charge is 0.307 e. The third-order valence-electron chi connectivity index (χ3n) is 6.15. The average Bonchev–Trinajstić information content (AvgIpc) is 3.17. The molecule has 1 atom stereocenters. The first-order valence-corrected chi connectivity index (χ1v) is 10.7. The minimum atomic E-state index is -0.863. The lowest BCUT2D eigenvalue weighted by molar-refractivity contribution is -0.136. The van der Waals surface area contributed by atoms with Crippen molar-refractivity contribution >= 4 is 22.6 Å². The third-order valence-corrected chi connectivity index (χ3v) is 6.15. The molecule has 1 heterocycles. The largest absolute Gasteiger partial charge is 0.485 e. The molecule has 1 aromatic heterocycles. The minimum Gasteiger partial charge on any atom is -0.485 e. The first-order chi connectivity index (χ1) is 15.5. The van der Waals surface area contributed by atoms with Gasteiger partial charge in [-0.05, 0) is 71.2 Å². The molecule has 0 aliphatic heterocycles. The molecule has 32 heavy (non-hydrogen) atoms. The lowest BCUT2D eigenvalue weighted by Gasteiger charge is -2.19. The Morgan fingerprint density at radius 3 is 2.84 bits per heavy atom. The van der Waals surface area contributed by atoms with Gasteiger partial charge in [-0.3, -0.25) is 4.79 Å². The van der Waals surface area contributed by atoms with Crippen molar-refractivity contribution in [3.05, 3.63) is 89.1 Å². The topological polar surface area (TPSA) is 85.4 Å². The number of aliphatic carboxylic acids is 1. The summed E-state index contributed by atoms with van der Waals surface area (Å²) in [4.78, 5) is 15.5. The number of pyridine rings is 1. The van der Waals surface area contributed by atoms with Crippen LogP contribution in [-0.2, 0) is 17.6 Å². The van der Waals surface area contributed by atoms with Crippen molar-refractivity contribution < 1.29 is 14.6 Å². The summed E-state index contributed by atoms with van der Waals surface area (Å²) in [7, 11) is 0. The highest BCUT2D eigenvalue weighted by Crippen LogP contribution is 2.40. The molecule has 0 saturated heterocycles. The Labute approximate surface area is 186 Å². The Kier molecular flexibility index (Phi) is 5.02. The molecule has 1 aliphatic rings. The standard InChI is InChI=1S/C27H24N2O3/c1-16-5-6-19(15-26(30)31)25(13-16)32-24-10-9-17-7-8-18(14-23(17)24)20-3-2-4-22-21(20)11-12-29-27(22)28/h2-8,11-14,24H,9-10,15H2,1H3,(H2,28,29)(H,30,31). The molecule has 5 heteroatoms. The number of ether oxygens (including phenoxy) is 1. The molecule has 4 aromatic rings. The summed E-state index contributed by atoms with van der Waals surface area (Å²) in [6, 6.07) is 20.3. The number of nitrogens with zero attached hydrogens (tertiary/aromatic N) is 1. The van der Waals surface area contributed by atoms with E-state index in [-0.39, 0.29) is 12.5 Å². The van der Waals surface area contributed by atoms with Crippen molar-refractivity contribution in [3.63, 3.8) is 0 Å².